The molecule has 2 unspecified atom stereocenters. The molecule has 2 rings (SSSR count). The summed E-state index contributed by atoms with van der Waals surface area (Å²) in [6.07, 6.45) is 5.05. The fourth-order valence-corrected chi connectivity index (χ4v) is 3.61. The Hall–Kier alpha value is -1.96. The van der Waals surface area contributed by atoms with Crippen LogP contribution in [0.15, 0.2) is 42.5 Å². The van der Waals surface area contributed by atoms with Gasteiger partial charge in [-0.3, -0.25) is 4.79 Å². The third kappa shape index (κ3) is 7.58. The van der Waals surface area contributed by atoms with Crippen LogP contribution in [0.5, 0.6) is 0 Å². The minimum Gasteiger partial charge on any atom is -0.481 e. The van der Waals surface area contributed by atoms with Crippen LogP contribution in [0.3, 0.4) is 0 Å². The molecule has 0 heterocycles. The molecule has 4 N–H and O–H groups in total. The van der Waals surface area contributed by atoms with Crippen molar-refractivity contribution < 1.29 is 24.9 Å². The summed E-state index contributed by atoms with van der Waals surface area (Å²) >= 11 is 5.21. The Balaban J connectivity index is 1.75. The molecule has 0 bridgehead atoms. The Morgan fingerprint density at radius 2 is 1.89 bits per heavy atom. The number of carbonyl (C=O) groups is 1. The maximum absolute atomic E-state index is 10.5. The largest absolute Gasteiger partial charge is 0.481 e. The van der Waals surface area contributed by atoms with Crippen LogP contribution < -0.4 is 5.32 Å². The summed E-state index contributed by atoms with van der Waals surface area (Å²) in [4.78, 5) is 10.5. The molecule has 1 aliphatic carbocycles. The number of benzene rings is 1. The van der Waals surface area contributed by atoms with E-state index in [4.69, 9.17) is 22.1 Å². The molecule has 1 aromatic rings. The second-order valence-electron chi connectivity index (χ2n) is 7.13. The molecule has 0 aliphatic heterocycles. The zero-order valence-corrected chi connectivity index (χ0v) is 16.7. The van der Waals surface area contributed by atoms with Crippen LogP contribution in [0, 0.1) is 11.8 Å². The first-order valence-corrected chi connectivity index (χ1v) is 10.1. The van der Waals surface area contributed by atoms with Gasteiger partial charge in [-0.1, -0.05) is 42.5 Å². The Bertz CT molecular complexity index is 651. The molecule has 0 saturated heterocycles. The molecular formula is C21H29NO5S. The van der Waals surface area contributed by atoms with Gasteiger partial charge in [-0.15, -0.1) is 0 Å². The predicted octanol–water partition coefficient (Wildman–Crippen LogP) is 2.64. The second kappa shape index (κ2) is 11.8. The Morgan fingerprint density at radius 1 is 1.18 bits per heavy atom. The van der Waals surface area contributed by atoms with Crippen molar-refractivity contribution in [2.75, 3.05) is 6.61 Å². The smallest absolute Gasteiger partial charge is 0.303 e. The average molecular weight is 408 g/mol. The summed E-state index contributed by atoms with van der Waals surface area (Å²) in [6.45, 7) is 0.814. The SMILES string of the molecule is O=C(O)CCC/C=C\C[C@H]1C(O)CC(O)[C@@H]1COC(=S)NCc1ccccc1. The minimum absolute atomic E-state index is 0.109. The van der Waals surface area contributed by atoms with Crippen LogP contribution >= 0.6 is 12.2 Å². The maximum atomic E-state index is 10.5. The van der Waals surface area contributed by atoms with Crippen LogP contribution in [0.25, 0.3) is 0 Å². The van der Waals surface area contributed by atoms with Crippen molar-refractivity contribution in [2.45, 2.75) is 50.9 Å². The van der Waals surface area contributed by atoms with Crippen LogP contribution in [0.2, 0.25) is 0 Å². The summed E-state index contributed by atoms with van der Waals surface area (Å²) in [5.74, 6) is -1.10. The normalized spacial score (nSPS) is 24.4. The molecule has 7 heteroatoms. The number of ether oxygens (including phenoxy) is 1. The summed E-state index contributed by atoms with van der Waals surface area (Å²) in [6, 6.07) is 9.84. The number of aliphatic hydroxyl groups excluding tert-OH is 2. The summed E-state index contributed by atoms with van der Waals surface area (Å²) < 4.78 is 5.63. The van der Waals surface area contributed by atoms with E-state index >= 15 is 0 Å². The fraction of sp³-hybridized carbons (Fsp3) is 0.524. The van der Waals surface area contributed by atoms with Gasteiger partial charge in [0.05, 0.1) is 18.8 Å². The third-order valence-corrected chi connectivity index (χ3v) is 5.31. The number of rotatable bonds is 10. The van der Waals surface area contributed by atoms with E-state index in [1.807, 2.05) is 42.5 Å². The Morgan fingerprint density at radius 3 is 2.61 bits per heavy atom. The number of nitrogens with one attached hydrogen (secondary N) is 1. The number of unbranched alkanes of at least 4 members (excludes halogenated alkanes) is 1. The van der Waals surface area contributed by atoms with Crippen molar-refractivity contribution in [2.24, 2.45) is 11.8 Å². The molecular weight excluding hydrogens is 378 g/mol. The Labute approximate surface area is 171 Å². The molecule has 0 spiro atoms. The summed E-state index contributed by atoms with van der Waals surface area (Å²) in [7, 11) is 0. The number of carboxylic acid groups (broad SMARTS) is 1. The summed E-state index contributed by atoms with van der Waals surface area (Å²) in [5.41, 5.74) is 1.09. The van der Waals surface area contributed by atoms with Gasteiger partial charge in [-0.05, 0) is 49.4 Å². The standard InChI is InChI=1S/C21H29NO5S/c23-18-12-19(24)17(16(18)10-6-1-2-7-11-20(25)26)14-27-21(28)22-13-15-8-4-3-5-9-15/h1,3-6,8-9,16-19,23-24H,2,7,10-14H2,(H,22,28)(H,25,26)/b6-1-/t16-,17-,18?,19?/m1/s1. The Kier molecular flexibility index (Phi) is 9.40. The van der Waals surface area contributed by atoms with Gasteiger partial charge in [0.2, 0.25) is 0 Å². The van der Waals surface area contributed by atoms with Gasteiger partial charge in [0.25, 0.3) is 5.17 Å². The third-order valence-electron chi connectivity index (χ3n) is 5.04. The zero-order valence-electron chi connectivity index (χ0n) is 15.9. The molecule has 154 valence electrons. The van der Waals surface area contributed by atoms with Gasteiger partial charge in [0.1, 0.15) is 0 Å². The van der Waals surface area contributed by atoms with Gasteiger partial charge >= 0.3 is 5.97 Å². The lowest BCUT2D eigenvalue weighted by atomic mass is 9.91. The fourth-order valence-electron chi connectivity index (χ4n) is 3.47. The number of allylic oxidation sites excluding steroid dienone is 2. The molecule has 28 heavy (non-hydrogen) atoms. The number of aliphatic hydroxyl groups is 2. The molecule has 4 atom stereocenters. The molecule has 1 aliphatic rings. The van der Waals surface area contributed by atoms with Crippen LogP contribution in [-0.2, 0) is 16.1 Å². The highest BCUT2D eigenvalue weighted by atomic mass is 32.1. The number of thiocarbonyl (C=S) groups is 1. The quantitative estimate of drug-likeness (QED) is 0.269. The van der Waals surface area contributed by atoms with E-state index in [0.29, 0.717) is 32.2 Å². The highest BCUT2D eigenvalue weighted by molar-refractivity contribution is 7.80. The zero-order chi connectivity index (χ0) is 20.4. The lowest BCUT2D eigenvalue weighted by Gasteiger charge is -2.23. The highest BCUT2D eigenvalue weighted by Crippen LogP contribution is 2.35. The van der Waals surface area contributed by atoms with Crippen LogP contribution in [0.4, 0.5) is 0 Å². The predicted molar refractivity (Wildman–Crippen MR) is 111 cm³/mol. The molecule has 1 saturated carbocycles. The minimum atomic E-state index is -0.795. The first-order chi connectivity index (χ1) is 13.5. The van der Waals surface area contributed by atoms with E-state index in [0.717, 1.165) is 5.56 Å². The highest BCUT2D eigenvalue weighted by Gasteiger charge is 2.41. The first kappa shape index (κ1) is 22.3. The van der Waals surface area contributed by atoms with E-state index in [2.05, 4.69) is 5.32 Å². The molecule has 0 amide bonds. The molecule has 1 aromatic carbocycles. The van der Waals surface area contributed by atoms with Crippen molar-refractivity contribution in [1.29, 1.82) is 0 Å². The maximum Gasteiger partial charge on any atom is 0.303 e. The van der Waals surface area contributed by atoms with E-state index in [1.54, 1.807) is 0 Å². The van der Waals surface area contributed by atoms with Gasteiger partial charge < -0.3 is 25.4 Å². The number of carboxylic acids is 1. The lowest BCUT2D eigenvalue weighted by molar-refractivity contribution is -0.137. The molecule has 0 aromatic heterocycles. The van der Waals surface area contributed by atoms with Crippen molar-refractivity contribution in [3.05, 3.63) is 48.0 Å². The van der Waals surface area contributed by atoms with E-state index in [-0.39, 0.29) is 30.0 Å². The van der Waals surface area contributed by atoms with Gasteiger partial charge in [0, 0.05) is 18.9 Å². The van der Waals surface area contributed by atoms with E-state index < -0.39 is 18.2 Å². The van der Waals surface area contributed by atoms with Crippen LogP contribution in [-0.4, -0.2) is 45.3 Å². The molecule has 6 nitrogen and oxygen atoms in total. The van der Waals surface area contributed by atoms with Gasteiger partial charge in [0.15, 0.2) is 0 Å². The first-order valence-electron chi connectivity index (χ1n) is 9.65. The number of aliphatic carboxylic acids is 1. The van der Waals surface area contributed by atoms with Gasteiger partial charge in [-0.2, -0.15) is 0 Å². The molecule has 0 radical (unpaired) electrons. The van der Waals surface area contributed by atoms with Crippen LogP contribution in [0.1, 0.15) is 37.7 Å². The topological polar surface area (TPSA) is 99.0 Å². The summed E-state index contributed by atoms with van der Waals surface area (Å²) in [5, 5.41) is 32.5. The van der Waals surface area contributed by atoms with E-state index in [1.165, 1.54) is 0 Å². The average Bonchev–Trinajstić information content (AvgIpc) is 2.94. The van der Waals surface area contributed by atoms with Crippen molar-refractivity contribution in [1.82, 2.24) is 5.32 Å². The van der Waals surface area contributed by atoms with Gasteiger partial charge in [-0.25, -0.2) is 0 Å². The number of hydrogen-bond donors (Lipinski definition) is 4. The van der Waals surface area contributed by atoms with Crippen molar-refractivity contribution in [3.8, 4) is 0 Å². The number of hydrogen-bond acceptors (Lipinski definition) is 5. The van der Waals surface area contributed by atoms with Crippen molar-refractivity contribution in [3.63, 3.8) is 0 Å². The second-order valence-corrected chi connectivity index (χ2v) is 7.50. The van der Waals surface area contributed by atoms with E-state index in [9.17, 15) is 15.0 Å². The van der Waals surface area contributed by atoms with Crippen molar-refractivity contribution >= 4 is 23.4 Å². The molecule has 1 fully saturated rings. The monoisotopic (exact) mass is 407 g/mol. The lowest BCUT2D eigenvalue weighted by Crippen LogP contribution is -2.31.